The first kappa shape index (κ1) is 11.4. The van der Waals surface area contributed by atoms with Crippen molar-refractivity contribution in [3.05, 3.63) is 48.9 Å². The van der Waals surface area contributed by atoms with E-state index in [9.17, 15) is 8.42 Å². The molecule has 1 aromatic carbocycles. The lowest BCUT2D eigenvalue weighted by Gasteiger charge is -1.93. The zero-order valence-corrected chi connectivity index (χ0v) is 8.59. The minimum absolute atomic E-state index is 0.148. The number of nitrogens with zero attached hydrogens (tertiary/aromatic N) is 1. The van der Waals surface area contributed by atoms with E-state index in [0.717, 1.165) is 0 Å². The Morgan fingerprint density at radius 3 is 2.07 bits per heavy atom. The van der Waals surface area contributed by atoms with E-state index in [4.69, 9.17) is 5.14 Å². The second kappa shape index (κ2) is 5.28. The van der Waals surface area contributed by atoms with Crippen molar-refractivity contribution in [1.29, 1.82) is 0 Å². The van der Waals surface area contributed by atoms with Gasteiger partial charge in [0.2, 0.25) is 10.0 Å². The Balaban J connectivity index is 0.000000187. The van der Waals surface area contributed by atoms with Crippen LogP contribution < -0.4 is 5.14 Å². The van der Waals surface area contributed by atoms with Crippen LogP contribution >= 0.6 is 0 Å². The van der Waals surface area contributed by atoms with Crippen LogP contribution in [0.3, 0.4) is 0 Å². The molecular formula is C9H10N2O3S. The van der Waals surface area contributed by atoms with Gasteiger partial charge >= 0.3 is 0 Å². The molecule has 2 rings (SSSR count). The second-order valence-electron chi connectivity index (χ2n) is 2.55. The molecular weight excluding hydrogens is 216 g/mol. The molecule has 0 atom stereocenters. The molecule has 0 saturated heterocycles. The number of rotatable bonds is 1. The molecule has 0 spiro atoms. The SMILES string of the molecule is NS(=O)(=O)c1ccccc1.c1cnoc1. The number of aromatic nitrogens is 1. The van der Waals surface area contributed by atoms with E-state index in [2.05, 4.69) is 9.68 Å². The minimum atomic E-state index is -3.50. The van der Waals surface area contributed by atoms with Gasteiger partial charge in [-0.25, -0.2) is 13.6 Å². The van der Waals surface area contributed by atoms with Crippen LogP contribution in [0.25, 0.3) is 0 Å². The quantitative estimate of drug-likeness (QED) is 0.786. The third-order valence-electron chi connectivity index (χ3n) is 1.42. The number of nitrogens with two attached hydrogens (primary N) is 1. The average Bonchev–Trinajstić information content (AvgIpc) is 2.76. The van der Waals surface area contributed by atoms with Gasteiger partial charge in [0.25, 0.3) is 0 Å². The lowest BCUT2D eigenvalue weighted by molar-refractivity contribution is 0.420. The molecule has 0 unspecified atom stereocenters. The molecule has 2 N–H and O–H groups in total. The molecule has 0 fully saturated rings. The molecule has 15 heavy (non-hydrogen) atoms. The van der Waals surface area contributed by atoms with Gasteiger partial charge in [0.15, 0.2) is 0 Å². The molecule has 0 amide bonds. The van der Waals surface area contributed by atoms with E-state index >= 15 is 0 Å². The lowest BCUT2D eigenvalue weighted by atomic mass is 10.4. The fraction of sp³-hybridized carbons (Fsp3) is 0. The van der Waals surface area contributed by atoms with Crippen molar-refractivity contribution < 1.29 is 12.9 Å². The molecule has 0 radical (unpaired) electrons. The molecule has 80 valence electrons. The Bertz CT molecular complexity index is 448. The van der Waals surface area contributed by atoms with Crippen LogP contribution in [0.15, 0.2) is 58.3 Å². The number of benzene rings is 1. The first-order chi connectivity index (χ1) is 7.11. The zero-order chi connectivity index (χ0) is 11.1. The predicted octanol–water partition coefficient (Wildman–Crippen LogP) is 1.01. The maximum absolute atomic E-state index is 10.6. The maximum atomic E-state index is 10.6. The van der Waals surface area contributed by atoms with E-state index in [1.54, 1.807) is 30.5 Å². The average molecular weight is 226 g/mol. The Kier molecular flexibility index (Phi) is 4.02. The fourth-order valence-corrected chi connectivity index (χ4v) is 1.32. The second-order valence-corrected chi connectivity index (χ2v) is 4.11. The number of sulfonamides is 1. The fourth-order valence-electron chi connectivity index (χ4n) is 0.786. The smallest absolute Gasteiger partial charge is 0.238 e. The molecule has 2 aromatic rings. The normalized spacial score (nSPS) is 10.2. The summed E-state index contributed by atoms with van der Waals surface area (Å²) < 4.78 is 25.6. The van der Waals surface area contributed by atoms with Gasteiger partial charge in [-0.3, -0.25) is 0 Å². The van der Waals surface area contributed by atoms with Crippen LogP contribution in [0.2, 0.25) is 0 Å². The molecule has 0 aliphatic rings. The van der Waals surface area contributed by atoms with Crippen LogP contribution in [0.1, 0.15) is 0 Å². The predicted molar refractivity (Wildman–Crippen MR) is 54.3 cm³/mol. The third-order valence-corrected chi connectivity index (χ3v) is 2.35. The minimum Gasteiger partial charge on any atom is -0.365 e. The molecule has 0 saturated carbocycles. The standard InChI is InChI=1S/C6H7NO2S.C3H3NO/c7-10(8,9)6-4-2-1-3-5-6;1-2-4-5-3-1/h1-5H,(H2,7,8,9);1-3H. The molecule has 0 aliphatic heterocycles. The largest absolute Gasteiger partial charge is 0.365 e. The van der Waals surface area contributed by atoms with Crippen molar-refractivity contribution in [2.24, 2.45) is 5.14 Å². The molecule has 5 nitrogen and oxygen atoms in total. The Hall–Kier alpha value is -1.66. The van der Waals surface area contributed by atoms with Crippen molar-refractivity contribution in [2.75, 3.05) is 0 Å². The van der Waals surface area contributed by atoms with Crippen LogP contribution in [0, 0.1) is 0 Å². The van der Waals surface area contributed by atoms with Crippen LogP contribution in [0.4, 0.5) is 0 Å². The Morgan fingerprint density at radius 2 is 1.80 bits per heavy atom. The van der Waals surface area contributed by atoms with Gasteiger partial charge in [0, 0.05) is 0 Å². The molecule has 1 aromatic heterocycles. The first-order valence-electron chi connectivity index (χ1n) is 4.03. The van der Waals surface area contributed by atoms with Gasteiger partial charge in [0.05, 0.1) is 11.1 Å². The molecule has 1 heterocycles. The number of primary sulfonamides is 1. The highest BCUT2D eigenvalue weighted by Crippen LogP contribution is 2.02. The van der Waals surface area contributed by atoms with Gasteiger partial charge in [0.1, 0.15) is 6.26 Å². The summed E-state index contributed by atoms with van der Waals surface area (Å²) in [4.78, 5) is 0.148. The van der Waals surface area contributed by atoms with E-state index < -0.39 is 10.0 Å². The summed E-state index contributed by atoms with van der Waals surface area (Å²) in [7, 11) is -3.50. The summed E-state index contributed by atoms with van der Waals surface area (Å²) in [6.07, 6.45) is 3.10. The summed E-state index contributed by atoms with van der Waals surface area (Å²) in [5.74, 6) is 0. The lowest BCUT2D eigenvalue weighted by Crippen LogP contribution is -2.11. The summed E-state index contributed by atoms with van der Waals surface area (Å²) >= 11 is 0. The monoisotopic (exact) mass is 226 g/mol. The van der Waals surface area contributed by atoms with E-state index in [0.29, 0.717) is 0 Å². The highest BCUT2D eigenvalue weighted by Gasteiger charge is 2.03. The van der Waals surface area contributed by atoms with E-state index in [1.807, 2.05) is 0 Å². The van der Waals surface area contributed by atoms with Crippen LogP contribution in [0.5, 0.6) is 0 Å². The van der Waals surface area contributed by atoms with Gasteiger partial charge < -0.3 is 4.52 Å². The summed E-state index contributed by atoms with van der Waals surface area (Å²) in [6, 6.07) is 9.61. The third kappa shape index (κ3) is 4.39. The van der Waals surface area contributed by atoms with Crippen LogP contribution in [-0.2, 0) is 10.0 Å². The van der Waals surface area contributed by atoms with E-state index in [1.165, 1.54) is 18.4 Å². The Labute approximate surface area is 87.6 Å². The van der Waals surface area contributed by atoms with Crippen LogP contribution in [-0.4, -0.2) is 13.6 Å². The summed E-state index contributed by atoms with van der Waals surface area (Å²) in [5.41, 5.74) is 0. The van der Waals surface area contributed by atoms with Gasteiger partial charge in [-0.2, -0.15) is 0 Å². The molecule has 0 aliphatic carbocycles. The highest BCUT2D eigenvalue weighted by molar-refractivity contribution is 7.89. The summed E-state index contributed by atoms with van der Waals surface area (Å²) in [6.45, 7) is 0. The first-order valence-corrected chi connectivity index (χ1v) is 5.57. The Morgan fingerprint density at radius 1 is 1.13 bits per heavy atom. The van der Waals surface area contributed by atoms with Gasteiger partial charge in [-0.15, -0.1) is 0 Å². The van der Waals surface area contributed by atoms with Gasteiger partial charge in [-0.05, 0) is 18.2 Å². The maximum Gasteiger partial charge on any atom is 0.238 e. The molecule has 0 bridgehead atoms. The van der Waals surface area contributed by atoms with Crippen molar-refractivity contribution in [3.8, 4) is 0 Å². The number of hydrogen-bond donors (Lipinski definition) is 1. The van der Waals surface area contributed by atoms with E-state index in [-0.39, 0.29) is 4.90 Å². The van der Waals surface area contributed by atoms with Crippen molar-refractivity contribution in [3.63, 3.8) is 0 Å². The van der Waals surface area contributed by atoms with Crippen molar-refractivity contribution in [1.82, 2.24) is 5.16 Å². The summed E-state index contributed by atoms with van der Waals surface area (Å²) in [5, 5.41) is 8.18. The molecule has 6 heteroatoms. The number of hydrogen-bond acceptors (Lipinski definition) is 4. The van der Waals surface area contributed by atoms with Crippen molar-refractivity contribution in [2.45, 2.75) is 4.90 Å². The van der Waals surface area contributed by atoms with Gasteiger partial charge in [-0.1, -0.05) is 23.4 Å². The topological polar surface area (TPSA) is 86.2 Å². The highest BCUT2D eigenvalue weighted by atomic mass is 32.2. The van der Waals surface area contributed by atoms with Crippen molar-refractivity contribution >= 4 is 10.0 Å². The zero-order valence-electron chi connectivity index (χ0n) is 7.78.